The normalized spacial score (nSPS) is 12.4. The van der Waals surface area contributed by atoms with Crippen molar-refractivity contribution in [2.75, 3.05) is 11.9 Å². The maximum absolute atomic E-state index is 13.1. The summed E-state index contributed by atoms with van der Waals surface area (Å²) in [5, 5.41) is 7.44. The zero-order chi connectivity index (χ0) is 17.4. The summed E-state index contributed by atoms with van der Waals surface area (Å²) in [5.41, 5.74) is 5.68. The second kappa shape index (κ2) is 6.41. The molecule has 1 aliphatic rings. The number of para-hydroxylation sites is 1. The summed E-state index contributed by atoms with van der Waals surface area (Å²) in [6, 6.07) is 16.2. The van der Waals surface area contributed by atoms with Crippen molar-refractivity contribution in [3.63, 3.8) is 0 Å². The second-order valence-corrected chi connectivity index (χ2v) is 7.07. The van der Waals surface area contributed by atoms with Gasteiger partial charge in [-0.3, -0.25) is 9.89 Å². The number of nitrogens with zero attached hydrogens (tertiary/aromatic N) is 2. The Kier molecular flexibility index (Phi) is 4.09. The van der Waals surface area contributed by atoms with E-state index in [9.17, 15) is 4.79 Å². The highest BCUT2D eigenvalue weighted by molar-refractivity contribution is 7.98. The molecule has 2 aromatic carbocycles. The van der Waals surface area contributed by atoms with Crippen LogP contribution in [0.15, 0.2) is 53.4 Å². The van der Waals surface area contributed by atoms with Gasteiger partial charge >= 0.3 is 0 Å². The van der Waals surface area contributed by atoms with Crippen molar-refractivity contribution in [3.05, 3.63) is 65.4 Å². The molecule has 1 aliphatic heterocycles. The molecule has 0 bridgehead atoms. The number of fused-ring (bicyclic) bond motifs is 3. The summed E-state index contributed by atoms with van der Waals surface area (Å²) in [6.07, 6.45) is 0.887. The van der Waals surface area contributed by atoms with E-state index in [-0.39, 0.29) is 5.91 Å². The van der Waals surface area contributed by atoms with Gasteiger partial charge in [0.2, 0.25) is 0 Å². The maximum atomic E-state index is 13.1. The van der Waals surface area contributed by atoms with Crippen LogP contribution in [0.25, 0.3) is 11.3 Å². The van der Waals surface area contributed by atoms with Gasteiger partial charge in [-0.05, 0) is 24.1 Å². The number of amides is 1. The molecular formula is C20H19N3OS. The lowest BCUT2D eigenvalue weighted by Gasteiger charge is -2.21. The van der Waals surface area contributed by atoms with Gasteiger partial charge in [-0.2, -0.15) is 5.10 Å². The Balaban J connectivity index is 1.72. The first-order valence-corrected chi connectivity index (χ1v) is 9.34. The number of aromatic amines is 1. The Labute approximate surface area is 151 Å². The molecule has 1 amide bonds. The van der Waals surface area contributed by atoms with Crippen molar-refractivity contribution >= 4 is 23.4 Å². The van der Waals surface area contributed by atoms with Crippen molar-refractivity contribution in [2.45, 2.75) is 24.0 Å². The Bertz CT molecular complexity index is 948. The van der Waals surface area contributed by atoms with E-state index in [0.717, 1.165) is 40.2 Å². The summed E-state index contributed by atoms with van der Waals surface area (Å²) in [6.45, 7) is 2.10. The molecule has 5 heteroatoms. The number of carbonyl (C=O) groups excluding carboxylic acids is 1. The summed E-state index contributed by atoms with van der Waals surface area (Å²) >= 11 is 1.75. The molecule has 4 rings (SSSR count). The van der Waals surface area contributed by atoms with E-state index in [1.807, 2.05) is 37.4 Å². The molecule has 0 fully saturated rings. The van der Waals surface area contributed by atoms with Crippen LogP contribution in [0.2, 0.25) is 0 Å². The van der Waals surface area contributed by atoms with Crippen LogP contribution in [0.3, 0.4) is 0 Å². The zero-order valence-corrected chi connectivity index (χ0v) is 15.1. The van der Waals surface area contributed by atoms with Crippen LogP contribution in [0.4, 0.5) is 5.69 Å². The largest absolute Gasteiger partial charge is 0.310 e. The van der Waals surface area contributed by atoms with E-state index in [4.69, 9.17) is 0 Å². The Morgan fingerprint density at radius 2 is 1.96 bits per heavy atom. The van der Waals surface area contributed by atoms with E-state index in [0.29, 0.717) is 5.69 Å². The first-order chi connectivity index (χ1) is 12.2. The van der Waals surface area contributed by atoms with Crippen molar-refractivity contribution in [1.82, 2.24) is 10.2 Å². The van der Waals surface area contributed by atoms with Crippen molar-refractivity contribution in [2.24, 2.45) is 0 Å². The number of nitrogens with one attached hydrogen (secondary N) is 1. The standard InChI is InChI=1S/C20H19N3OS/c1-3-13-8-4-6-10-16(13)23(2)20(24)19-15-12-25-17-11-7-5-9-14(17)18(15)21-22-19/h4-11H,3,12H2,1-2H3,(H,21,22). The van der Waals surface area contributed by atoms with Crippen molar-refractivity contribution in [3.8, 4) is 11.3 Å². The number of benzene rings is 2. The number of rotatable bonds is 3. The molecule has 0 unspecified atom stereocenters. The SMILES string of the molecule is CCc1ccccc1N(C)C(=O)c1[nH]nc2c1CSc1ccccc1-2. The minimum Gasteiger partial charge on any atom is -0.310 e. The highest BCUT2D eigenvalue weighted by Gasteiger charge is 2.27. The second-order valence-electron chi connectivity index (χ2n) is 6.06. The number of anilines is 1. The fourth-order valence-corrected chi connectivity index (χ4v) is 4.33. The summed E-state index contributed by atoms with van der Waals surface area (Å²) < 4.78 is 0. The third kappa shape index (κ3) is 2.65. The molecule has 0 saturated carbocycles. The quantitative estimate of drug-likeness (QED) is 0.756. The molecule has 0 aliphatic carbocycles. The predicted molar refractivity (Wildman–Crippen MR) is 102 cm³/mol. The van der Waals surface area contributed by atoms with Gasteiger partial charge in [-0.15, -0.1) is 11.8 Å². The van der Waals surface area contributed by atoms with Gasteiger partial charge in [0, 0.05) is 34.5 Å². The van der Waals surface area contributed by atoms with Gasteiger partial charge in [0.05, 0.1) is 5.69 Å². The van der Waals surface area contributed by atoms with Gasteiger partial charge in [-0.25, -0.2) is 0 Å². The molecule has 3 aromatic rings. The van der Waals surface area contributed by atoms with Crippen LogP contribution >= 0.6 is 11.8 Å². The molecule has 25 heavy (non-hydrogen) atoms. The van der Waals surface area contributed by atoms with E-state index in [2.05, 4.69) is 35.3 Å². The fourth-order valence-electron chi connectivity index (χ4n) is 3.26. The van der Waals surface area contributed by atoms with Gasteiger partial charge in [0.1, 0.15) is 5.69 Å². The van der Waals surface area contributed by atoms with Crippen LogP contribution in [-0.4, -0.2) is 23.2 Å². The van der Waals surface area contributed by atoms with Gasteiger partial charge < -0.3 is 4.90 Å². The number of aryl methyl sites for hydroxylation is 1. The smallest absolute Gasteiger partial charge is 0.276 e. The molecule has 0 spiro atoms. The van der Waals surface area contributed by atoms with Crippen LogP contribution in [-0.2, 0) is 12.2 Å². The average molecular weight is 349 g/mol. The number of H-pyrrole nitrogens is 1. The van der Waals surface area contributed by atoms with E-state index < -0.39 is 0 Å². The zero-order valence-electron chi connectivity index (χ0n) is 14.2. The molecular weight excluding hydrogens is 330 g/mol. The molecule has 1 N–H and O–H groups in total. The lowest BCUT2D eigenvalue weighted by molar-refractivity contribution is 0.0987. The van der Waals surface area contributed by atoms with Crippen molar-refractivity contribution in [1.29, 1.82) is 0 Å². The van der Waals surface area contributed by atoms with Gasteiger partial charge in [-0.1, -0.05) is 43.3 Å². The molecule has 0 saturated heterocycles. The first-order valence-electron chi connectivity index (χ1n) is 8.36. The lowest BCUT2D eigenvalue weighted by atomic mass is 10.1. The van der Waals surface area contributed by atoms with E-state index in [1.165, 1.54) is 4.90 Å². The minimum absolute atomic E-state index is 0.0466. The molecule has 126 valence electrons. The topological polar surface area (TPSA) is 49.0 Å². The molecule has 1 aromatic heterocycles. The minimum atomic E-state index is -0.0466. The molecule has 4 nitrogen and oxygen atoms in total. The summed E-state index contributed by atoms with van der Waals surface area (Å²) in [4.78, 5) is 16.0. The Morgan fingerprint density at radius 1 is 1.20 bits per heavy atom. The third-order valence-electron chi connectivity index (χ3n) is 4.63. The van der Waals surface area contributed by atoms with E-state index >= 15 is 0 Å². The summed E-state index contributed by atoms with van der Waals surface area (Å²) in [5.74, 6) is 0.710. The molecule has 2 heterocycles. The first kappa shape index (κ1) is 16.0. The third-order valence-corrected chi connectivity index (χ3v) is 5.73. The summed E-state index contributed by atoms with van der Waals surface area (Å²) in [7, 11) is 1.83. The monoisotopic (exact) mass is 349 g/mol. The number of hydrogen-bond donors (Lipinski definition) is 1. The van der Waals surface area contributed by atoms with Crippen LogP contribution in [0.1, 0.15) is 28.5 Å². The van der Waals surface area contributed by atoms with Crippen molar-refractivity contribution < 1.29 is 4.79 Å². The van der Waals surface area contributed by atoms with E-state index in [1.54, 1.807) is 16.7 Å². The average Bonchev–Trinajstić information content (AvgIpc) is 3.11. The highest BCUT2D eigenvalue weighted by atomic mass is 32.2. The Morgan fingerprint density at radius 3 is 2.80 bits per heavy atom. The number of aromatic nitrogens is 2. The maximum Gasteiger partial charge on any atom is 0.276 e. The van der Waals surface area contributed by atoms with Gasteiger partial charge in [0.15, 0.2) is 0 Å². The fraction of sp³-hybridized carbons (Fsp3) is 0.200. The Hall–Kier alpha value is -2.53. The van der Waals surface area contributed by atoms with Gasteiger partial charge in [0.25, 0.3) is 5.91 Å². The predicted octanol–water partition coefficient (Wildman–Crippen LogP) is 4.52. The van der Waals surface area contributed by atoms with Crippen LogP contribution in [0, 0.1) is 0 Å². The molecule has 0 radical (unpaired) electrons. The lowest BCUT2D eigenvalue weighted by Crippen LogP contribution is -2.28. The van der Waals surface area contributed by atoms with Crippen LogP contribution < -0.4 is 4.90 Å². The number of carbonyl (C=O) groups is 1. The number of hydrogen-bond acceptors (Lipinski definition) is 3. The molecule has 0 atom stereocenters. The number of thioether (sulfide) groups is 1. The highest BCUT2D eigenvalue weighted by Crippen LogP contribution is 2.41. The van der Waals surface area contributed by atoms with Crippen LogP contribution in [0.5, 0.6) is 0 Å².